The molecule has 0 spiro atoms. The molecule has 19 heteroatoms. The maximum absolute atomic E-state index is 13.0. The number of unbranched alkanes of at least 4 members (excludes halogenated alkanes) is 40. The topological polar surface area (TPSA) is 237 Å². The van der Waals surface area contributed by atoms with E-state index in [4.69, 9.17) is 37.0 Å². The van der Waals surface area contributed by atoms with Crippen LogP contribution in [0.15, 0.2) is 0 Å². The van der Waals surface area contributed by atoms with Crippen LogP contribution in [0.25, 0.3) is 0 Å². The average molecular weight is 1330 g/mol. The van der Waals surface area contributed by atoms with Crippen molar-refractivity contribution in [3.8, 4) is 0 Å². The van der Waals surface area contributed by atoms with Crippen LogP contribution < -0.4 is 0 Å². The summed E-state index contributed by atoms with van der Waals surface area (Å²) >= 11 is 0. The lowest BCUT2D eigenvalue weighted by atomic mass is 10.0. The van der Waals surface area contributed by atoms with Gasteiger partial charge in [-0.3, -0.25) is 37.3 Å². The third-order valence-electron chi connectivity index (χ3n) is 16.5. The molecule has 0 saturated carbocycles. The van der Waals surface area contributed by atoms with E-state index in [1.54, 1.807) is 0 Å². The van der Waals surface area contributed by atoms with Gasteiger partial charge in [0.1, 0.15) is 19.3 Å². The lowest BCUT2D eigenvalue weighted by Gasteiger charge is -2.21. The molecule has 0 aromatic rings. The van der Waals surface area contributed by atoms with Crippen molar-refractivity contribution in [2.75, 3.05) is 39.6 Å². The highest BCUT2D eigenvalue weighted by Gasteiger charge is 2.30. The Balaban J connectivity index is 5.23. The van der Waals surface area contributed by atoms with E-state index in [2.05, 4.69) is 41.5 Å². The summed E-state index contributed by atoms with van der Waals surface area (Å²) in [4.78, 5) is 72.5. The molecule has 0 bridgehead atoms. The molecular formula is C71H138O17P2. The number of carbonyl (C=O) groups excluding carboxylic acids is 4. The summed E-state index contributed by atoms with van der Waals surface area (Å²) in [5.41, 5.74) is 0. The predicted octanol–water partition coefficient (Wildman–Crippen LogP) is 20.4. The first kappa shape index (κ1) is 88.1. The normalized spacial score (nSPS) is 14.1. The van der Waals surface area contributed by atoms with Crippen LogP contribution in [0, 0.1) is 11.8 Å². The van der Waals surface area contributed by atoms with E-state index in [-0.39, 0.29) is 25.7 Å². The lowest BCUT2D eigenvalue weighted by Crippen LogP contribution is -2.30. The van der Waals surface area contributed by atoms with Crippen molar-refractivity contribution in [3.05, 3.63) is 0 Å². The van der Waals surface area contributed by atoms with Crippen LogP contribution in [-0.2, 0) is 65.4 Å². The van der Waals surface area contributed by atoms with Crippen molar-refractivity contribution in [1.82, 2.24) is 0 Å². The smallest absolute Gasteiger partial charge is 0.462 e. The third kappa shape index (κ3) is 64.8. The number of esters is 4. The Kier molecular flexibility index (Phi) is 61.8. The van der Waals surface area contributed by atoms with Gasteiger partial charge in [0, 0.05) is 25.7 Å². The molecule has 0 fully saturated rings. The Labute approximate surface area is 549 Å². The van der Waals surface area contributed by atoms with Crippen LogP contribution in [0.1, 0.15) is 363 Å². The molecule has 0 saturated heterocycles. The fourth-order valence-corrected chi connectivity index (χ4v) is 12.3. The number of ether oxygens (including phenoxy) is 4. The van der Waals surface area contributed by atoms with E-state index in [1.165, 1.54) is 173 Å². The lowest BCUT2D eigenvalue weighted by molar-refractivity contribution is -0.161. The Bertz CT molecular complexity index is 1750. The van der Waals surface area contributed by atoms with E-state index in [1.807, 2.05) is 0 Å². The van der Waals surface area contributed by atoms with Crippen molar-refractivity contribution >= 4 is 39.5 Å². The number of aliphatic hydroxyl groups is 1. The number of phosphoric acid groups is 2. The highest BCUT2D eigenvalue weighted by Crippen LogP contribution is 2.45. The van der Waals surface area contributed by atoms with Crippen molar-refractivity contribution in [2.24, 2.45) is 11.8 Å². The molecule has 0 aromatic carbocycles. The van der Waals surface area contributed by atoms with Gasteiger partial charge >= 0.3 is 39.5 Å². The molecule has 0 radical (unpaired) electrons. The Morgan fingerprint density at radius 1 is 0.300 bits per heavy atom. The van der Waals surface area contributed by atoms with Crippen LogP contribution in [0.3, 0.4) is 0 Å². The first-order chi connectivity index (χ1) is 43.4. The van der Waals surface area contributed by atoms with Crippen LogP contribution in [-0.4, -0.2) is 96.7 Å². The zero-order valence-corrected chi connectivity index (χ0v) is 60.2. The average Bonchev–Trinajstić information content (AvgIpc) is 3.00. The molecule has 534 valence electrons. The molecule has 0 aliphatic rings. The molecule has 0 aliphatic heterocycles. The quantitative estimate of drug-likeness (QED) is 0.0222. The first-order valence-corrected chi connectivity index (χ1v) is 40.0. The predicted molar refractivity (Wildman–Crippen MR) is 363 cm³/mol. The summed E-state index contributed by atoms with van der Waals surface area (Å²) in [7, 11) is -9.90. The Morgan fingerprint density at radius 3 is 0.756 bits per heavy atom. The monoisotopic (exact) mass is 1320 g/mol. The zero-order chi connectivity index (χ0) is 66.5. The maximum Gasteiger partial charge on any atom is 0.472 e. The Hall–Kier alpha value is -1.94. The largest absolute Gasteiger partial charge is 0.472 e. The van der Waals surface area contributed by atoms with E-state index >= 15 is 0 Å². The van der Waals surface area contributed by atoms with Crippen LogP contribution in [0.5, 0.6) is 0 Å². The SMILES string of the molecule is CCCCCCCCCCCCCCCCCCCC(=O)O[C@H](COC(=O)CCCCCCCCCCCCCCC)COP(=O)(O)OC[C@@H](O)COP(=O)(O)OC[C@@H](COC(=O)CCCCCCCCCC(C)C)OC(=O)CCCCCCCCCC(C)C. The summed E-state index contributed by atoms with van der Waals surface area (Å²) < 4.78 is 68.3. The number of aliphatic hydroxyl groups excluding tert-OH is 1. The van der Waals surface area contributed by atoms with Gasteiger partial charge in [0.25, 0.3) is 0 Å². The molecule has 90 heavy (non-hydrogen) atoms. The fraction of sp³-hybridized carbons (Fsp3) is 0.944. The van der Waals surface area contributed by atoms with Gasteiger partial charge in [-0.1, -0.05) is 311 Å². The second-order valence-electron chi connectivity index (χ2n) is 26.6. The number of phosphoric ester groups is 2. The first-order valence-electron chi connectivity index (χ1n) is 37.0. The molecule has 0 aromatic heterocycles. The molecule has 0 heterocycles. The molecule has 5 atom stereocenters. The van der Waals surface area contributed by atoms with Crippen LogP contribution in [0.2, 0.25) is 0 Å². The summed E-state index contributed by atoms with van der Waals surface area (Å²) in [6.45, 7) is 9.44. The van der Waals surface area contributed by atoms with Gasteiger partial charge in [-0.05, 0) is 37.5 Å². The van der Waals surface area contributed by atoms with Gasteiger partial charge in [0.05, 0.1) is 26.4 Å². The third-order valence-corrected chi connectivity index (χ3v) is 18.4. The summed E-state index contributed by atoms with van der Waals surface area (Å²) in [5, 5.41) is 10.6. The van der Waals surface area contributed by atoms with Crippen molar-refractivity contribution in [1.29, 1.82) is 0 Å². The molecule has 0 aliphatic carbocycles. The Morgan fingerprint density at radius 2 is 0.511 bits per heavy atom. The fourth-order valence-electron chi connectivity index (χ4n) is 10.8. The van der Waals surface area contributed by atoms with Crippen LogP contribution >= 0.6 is 15.6 Å². The molecule has 17 nitrogen and oxygen atoms in total. The zero-order valence-electron chi connectivity index (χ0n) is 58.4. The highest BCUT2D eigenvalue weighted by atomic mass is 31.2. The second-order valence-corrected chi connectivity index (χ2v) is 29.5. The maximum atomic E-state index is 13.0. The molecule has 3 N–H and O–H groups in total. The van der Waals surface area contributed by atoms with Crippen molar-refractivity contribution in [2.45, 2.75) is 381 Å². The standard InChI is InChI=1S/C71H138O17P2/c1-7-9-11-13-15-17-19-21-22-23-24-26-28-30-36-43-49-55-70(75)87-66(59-81-68(73)53-47-41-35-29-27-25-20-18-16-14-12-10-8-2)61-85-89(77,78)83-57-65(72)58-84-90(79,80)86-62-67(88-71(76)56-50-44-38-32-34-40-46-52-64(5)6)60-82-69(74)54-48-42-37-31-33-39-45-51-63(3)4/h63-67,72H,7-62H2,1-6H3,(H,77,78)(H,79,80)/t65-,66-,67-/m1/s1. The minimum atomic E-state index is -4.95. The summed E-state index contributed by atoms with van der Waals surface area (Å²) in [6, 6.07) is 0. The van der Waals surface area contributed by atoms with Crippen molar-refractivity contribution in [3.63, 3.8) is 0 Å². The molecular weight excluding hydrogens is 1190 g/mol. The van der Waals surface area contributed by atoms with Gasteiger partial charge < -0.3 is 33.8 Å². The van der Waals surface area contributed by atoms with Gasteiger partial charge in [-0.15, -0.1) is 0 Å². The summed E-state index contributed by atoms with van der Waals surface area (Å²) in [6.07, 6.45) is 48.7. The number of carbonyl (C=O) groups is 4. The molecule has 2 unspecified atom stereocenters. The van der Waals surface area contributed by atoms with Crippen LogP contribution in [0.4, 0.5) is 0 Å². The second kappa shape index (κ2) is 63.1. The van der Waals surface area contributed by atoms with E-state index in [9.17, 15) is 43.2 Å². The van der Waals surface area contributed by atoms with E-state index < -0.39 is 97.5 Å². The number of rotatable bonds is 70. The number of hydrogen-bond donors (Lipinski definition) is 3. The molecule has 0 amide bonds. The van der Waals surface area contributed by atoms with Gasteiger partial charge in [-0.2, -0.15) is 0 Å². The van der Waals surface area contributed by atoms with E-state index in [0.29, 0.717) is 37.5 Å². The van der Waals surface area contributed by atoms with Gasteiger partial charge in [-0.25, -0.2) is 9.13 Å². The van der Waals surface area contributed by atoms with Gasteiger partial charge in [0.15, 0.2) is 12.2 Å². The minimum Gasteiger partial charge on any atom is -0.462 e. The van der Waals surface area contributed by atoms with Gasteiger partial charge in [0.2, 0.25) is 0 Å². The minimum absolute atomic E-state index is 0.103. The number of hydrogen-bond acceptors (Lipinski definition) is 15. The summed E-state index contributed by atoms with van der Waals surface area (Å²) in [5.74, 6) is -0.724. The molecule has 0 rings (SSSR count). The van der Waals surface area contributed by atoms with E-state index in [0.717, 1.165) is 96.3 Å². The highest BCUT2D eigenvalue weighted by molar-refractivity contribution is 7.47. The van der Waals surface area contributed by atoms with Crippen molar-refractivity contribution < 1.29 is 80.2 Å².